The van der Waals surface area contributed by atoms with E-state index in [-0.39, 0.29) is 23.4 Å². The lowest BCUT2D eigenvalue weighted by molar-refractivity contribution is -0.139. The third kappa shape index (κ3) is 6.79. The summed E-state index contributed by atoms with van der Waals surface area (Å²) >= 11 is 4.13. The summed E-state index contributed by atoms with van der Waals surface area (Å²) in [4.78, 5) is 22.6. The first-order valence-corrected chi connectivity index (χ1v) is 8.60. The van der Waals surface area contributed by atoms with Crippen LogP contribution >= 0.6 is 34.9 Å². The van der Waals surface area contributed by atoms with Gasteiger partial charge in [-0.15, -0.1) is 22.0 Å². The highest BCUT2D eigenvalue weighted by atomic mass is 32.2. The van der Waals surface area contributed by atoms with Gasteiger partial charge >= 0.3 is 5.97 Å². The lowest BCUT2D eigenvalue weighted by Gasteiger charge is -2.01. The summed E-state index contributed by atoms with van der Waals surface area (Å²) < 4.78 is 5.59. The van der Waals surface area contributed by atoms with Crippen molar-refractivity contribution >= 4 is 51.9 Å². The summed E-state index contributed by atoms with van der Waals surface area (Å²) in [5.41, 5.74) is 0. The van der Waals surface area contributed by atoms with Crippen LogP contribution in [0, 0.1) is 0 Å². The summed E-state index contributed by atoms with van der Waals surface area (Å²) in [6.07, 6.45) is 0. The largest absolute Gasteiger partial charge is 0.465 e. The Labute approximate surface area is 124 Å². The van der Waals surface area contributed by atoms with Gasteiger partial charge in [0.2, 0.25) is 11.0 Å². The summed E-state index contributed by atoms with van der Waals surface area (Å²) in [5.74, 6) is 0.775. The zero-order valence-corrected chi connectivity index (χ0v) is 13.1. The second-order valence-electron chi connectivity index (χ2n) is 3.15. The standard InChI is InChI=1S/C10H15N3O3S3/c1-3-16-8(15)6-17-5-7(14)11-9-12-13-10(19-9)18-4-2/h3-6H2,1-2H3,(H,11,12,14). The number of thioether (sulfide) groups is 2. The molecule has 0 bridgehead atoms. The molecule has 19 heavy (non-hydrogen) atoms. The van der Waals surface area contributed by atoms with Crippen LogP contribution in [-0.4, -0.2) is 45.9 Å². The van der Waals surface area contributed by atoms with Crippen molar-refractivity contribution in [1.82, 2.24) is 10.2 Å². The molecule has 0 radical (unpaired) electrons. The fourth-order valence-corrected chi connectivity index (χ4v) is 3.30. The number of carbonyl (C=O) groups excluding carboxylic acids is 2. The number of aromatic nitrogens is 2. The van der Waals surface area contributed by atoms with E-state index >= 15 is 0 Å². The van der Waals surface area contributed by atoms with Crippen LogP contribution in [0.5, 0.6) is 0 Å². The molecule has 0 fully saturated rings. The smallest absolute Gasteiger partial charge is 0.315 e. The second-order valence-corrected chi connectivity index (χ2v) is 6.63. The van der Waals surface area contributed by atoms with Gasteiger partial charge in [0.15, 0.2) is 4.34 Å². The van der Waals surface area contributed by atoms with Crippen LogP contribution in [0.4, 0.5) is 5.13 Å². The van der Waals surface area contributed by atoms with Gasteiger partial charge in [-0.05, 0) is 12.7 Å². The minimum Gasteiger partial charge on any atom is -0.465 e. The number of ether oxygens (including phenoxy) is 1. The van der Waals surface area contributed by atoms with Crippen LogP contribution in [0.1, 0.15) is 13.8 Å². The Balaban J connectivity index is 2.24. The van der Waals surface area contributed by atoms with Crippen molar-refractivity contribution in [2.75, 3.05) is 29.2 Å². The van der Waals surface area contributed by atoms with Crippen molar-refractivity contribution in [2.24, 2.45) is 0 Å². The molecular weight excluding hydrogens is 306 g/mol. The van der Waals surface area contributed by atoms with Crippen molar-refractivity contribution in [3.05, 3.63) is 0 Å². The van der Waals surface area contributed by atoms with Crippen LogP contribution in [0.25, 0.3) is 0 Å². The number of rotatable bonds is 8. The molecule has 0 aliphatic carbocycles. The quantitative estimate of drug-likeness (QED) is 0.445. The molecule has 1 rings (SSSR count). The van der Waals surface area contributed by atoms with Gasteiger partial charge in [0.25, 0.3) is 0 Å². The predicted molar refractivity (Wildman–Crippen MR) is 78.9 cm³/mol. The third-order valence-corrected chi connectivity index (χ3v) is 4.44. The highest BCUT2D eigenvalue weighted by Gasteiger charge is 2.09. The fourth-order valence-electron chi connectivity index (χ4n) is 1.03. The normalized spacial score (nSPS) is 10.2. The lowest BCUT2D eigenvalue weighted by Crippen LogP contribution is -2.16. The van der Waals surface area contributed by atoms with Crippen LogP contribution in [0.15, 0.2) is 4.34 Å². The average Bonchev–Trinajstić information content (AvgIpc) is 2.77. The number of nitrogens with zero attached hydrogens (tertiary/aromatic N) is 2. The van der Waals surface area contributed by atoms with Gasteiger partial charge < -0.3 is 4.74 Å². The molecule has 6 nitrogen and oxygen atoms in total. The molecule has 0 atom stereocenters. The molecular formula is C10H15N3O3S3. The zero-order chi connectivity index (χ0) is 14.1. The second kappa shape index (κ2) is 9.16. The van der Waals surface area contributed by atoms with E-state index in [0.29, 0.717) is 11.7 Å². The Morgan fingerprint density at radius 1 is 1.32 bits per heavy atom. The molecule has 0 aliphatic heterocycles. The number of carbonyl (C=O) groups is 2. The van der Waals surface area contributed by atoms with Gasteiger partial charge in [-0.2, -0.15) is 0 Å². The first kappa shape index (κ1) is 16.3. The number of nitrogens with one attached hydrogen (secondary N) is 1. The van der Waals surface area contributed by atoms with Gasteiger partial charge in [-0.1, -0.05) is 30.0 Å². The highest BCUT2D eigenvalue weighted by molar-refractivity contribution is 8.01. The molecule has 9 heteroatoms. The molecule has 1 aromatic heterocycles. The molecule has 0 aliphatic rings. The Kier molecular flexibility index (Phi) is 7.84. The van der Waals surface area contributed by atoms with Crippen LogP contribution in [-0.2, 0) is 14.3 Å². The van der Waals surface area contributed by atoms with E-state index in [2.05, 4.69) is 15.5 Å². The molecule has 0 spiro atoms. The van der Waals surface area contributed by atoms with Crippen molar-refractivity contribution in [3.63, 3.8) is 0 Å². The van der Waals surface area contributed by atoms with Gasteiger partial charge in [0, 0.05) is 0 Å². The Bertz CT molecular complexity index is 425. The van der Waals surface area contributed by atoms with E-state index in [0.717, 1.165) is 10.1 Å². The van der Waals surface area contributed by atoms with E-state index in [9.17, 15) is 9.59 Å². The van der Waals surface area contributed by atoms with E-state index < -0.39 is 0 Å². The SMILES string of the molecule is CCOC(=O)CSCC(=O)Nc1nnc(SCC)s1. The highest BCUT2D eigenvalue weighted by Crippen LogP contribution is 2.24. The van der Waals surface area contributed by atoms with Crippen molar-refractivity contribution in [1.29, 1.82) is 0 Å². The first-order chi connectivity index (χ1) is 9.15. The molecule has 0 unspecified atom stereocenters. The molecule has 1 N–H and O–H groups in total. The van der Waals surface area contributed by atoms with Gasteiger partial charge in [-0.25, -0.2) is 0 Å². The minimum absolute atomic E-state index is 0.175. The Morgan fingerprint density at radius 3 is 2.79 bits per heavy atom. The Hall–Kier alpha value is -0.800. The van der Waals surface area contributed by atoms with Crippen molar-refractivity contribution in [3.8, 4) is 0 Å². The van der Waals surface area contributed by atoms with Crippen molar-refractivity contribution < 1.29 is 14.3 Å². The summed E-state index contributed by atoms with van der Waals surface area (Å²) in [6, 6.07) is 0. The van der Waals surface area contributed by atoms with Crippen LogP contribution in [0.2, 0.25) is 0 Å². The van der Waals surface area contributed by atoms with Gasteiger partial charge in [0.05, 0.1) is 18.1 Å². The summed E-state index contributed by atoms with van der Waals surface area (Å²) in [5, 5.41) is 10.9. The average molecular weight is 321 g/mol. The lowest BCUT2D eigenvalue weighted by atomic mass is 10.7. The van der Waals surface area contributed by atoms with Crippen LogP contribution in [0.3, 0.4) is 0 Å². The van der Waals surface area contributed by atoms with E-state index in [1.165, 1.54) is 23.1 Å². The third-order valence-electron chi connectivity index (χ3n) is 1.68. The number of hydrogen-bond acceptors (Lipinski definition) is 8. The molecule has 0 aromatic carbocycles. The topological polar surface area (TPSA) is 81.2 Å². The minimum atomic E-state index is -0.308. The van der Waals surface area contributed by atoms with Crippen LogP contribution < -0.4 is 5.32 Å². The molecule has 1 aromatic rings. The molecule has 0 saturated carbocycles. The first-order valence-electron chi connectivity index (χ1n) is 5.65. The monoisotopic (exact) mass is 321 g/mol. The summed E-state index contributed by atoms with van der Waals surface area (Å²) in [7, 11) is 0. The number of anilines is 1. The molecule has 106 valence electrons. The maximum atomic E-state index is 11.6. The fraction of sp³-hybridized carbons (Fsp3) is 0.600. The molecule has 1 heterocycles. The van der Waals surface area contributed by atoms with Gasteiger partial charge in [-0.3, -0.25) is 14.9 Å². The molecule has 1 amide bonds. The number of esters is 1. The van der Waals surface area contributed by atoms with E-state index in [4.69, 9.17) is 4.74 Å². The van der Waals surface area contributed by atoms with E-state index in [1.54, 1.807) is 18.7 Å². The van der Waals surface area contributed by atoms with Gasteiger partial charge in [0.1, 0.15) is 0 Å². The molecule has 0 saturated heterocycles. The Morgan fingerprint density at radius 2 is 2.11 bits per heavy atom. The maximum Gasteiger partial charge on any atom is 0.315 e. The zero-order valence-electron chi connectivity index (χ0n) is 10.7. The van der Waals surface area contributed by atoms with E-state index in [1.807, 2.05) is 6.92 Å². The summed E-state index contributed by atoms with van der Waals surface area (Å²) in [6.45, 7) is 4.13. The maximum absolute atomic E-state index is 11.6. The van der Waals surface area contributed by atoms with Crippen molar-refractivity contribution in [2.45, 2.75) is 18.2 Å². The number of hydrogen-bond donors (Lipinski definition) is 1. The number of amides is 1. The predicted octanol–water partition coefficient (Wildman–Crippen LogP) is 1.88.